The van der Waals surface area contributed by atoms with Crippen molar-refractivity contribution in [3.05, 3.63) is 60.0 Å². The highest BCUT2D eigenvalue weighted by atomic mass is 32.1. The predicted octanol–water partition coefficient (Wildman–Crippen LogP) is 3.38. The first kappa shape index (κ1) is 19.4. The molecule has 1 amide bonds. The van der Waals surface area contributed by atoms with Gasteiger partial charge in [-0.1, -0.05) is 30.3 Å². The van der Waals surface area contributed by atoms with Crippen molar-refractivity contribution in [3.63, 3.8) is 0 Å². The van der Waals surface area contributed by atoms with Crippen LogP contribution in [0.5, 0.6) is 11.5 Å². The van der Waals surface area contributed by atoms with E-state index < -0.39 is 18.5 Å². The Morgan fingerprint density at radius 2 is 1.71 bits per heavy atom. The summed E-state index contributed by atoms with van der Waals surface area (Å²) in [6, 6.07) is 16.4. The number of benzene rings is 2. The summed E-state index contributed by atoms with van der Waals surface area (Å²) in [6.45, 7) is -0.708. The Bertz CT molecular complexity index is 925. The van der Waals surface area contributed by atoms with Crippen LogP contribution in [0.4, 0.5) is 5.13 Å². The molecule has 0 atom stereocenters. The van der Waals surface area contributed by atoms with Crippen LogP contribution >= 0.6 is 11.3 Å². The van der Waals surface area contributed by atoms with Gasteiger partial charge in [0.1, 0.15) is 11.5 Å². The van der Waals surface area contributed by atoms with Crippen molar-refractivity contribution in [3.8, 4) is 22.8 Å². The molecule has 0 saturated heterocycles. The van der Waals surface area contributed by atoms with Crippen molar-refractivity contribution < 1.29 is 23.8 Å². The number of esters is 1. The molecule has 3 aromatic rings. The highest BCUT2D eigenvalue weighted by Gasteiger charge is 2.11. The summed E-state index contributed by atoms with van der Waals surface area (Å²) >= 11 is 1.30. The molecule has 7 nitrogen and oxygen atoms in total. The van der Waals surface area contributed by atoms with Gasteiger partial charge < -0.3 is 14.2 Å². The Balaban J connectivity index is 1.41. The van der Waals surface area contributed by atoms with Crippen molar-refractivity contribution in [2.75, 3.05) is 25.6 Å². The molecule has 1 N–H and O–H groups in total. The number of aromatic nitrogens is 1. The molecular formula is C20H18N2O5S. The molecule has 0 bridgehead atoms. The Morgan fingerprint density at radius 1 is 1.00 bits per heavy atom. The smallest absolute Gasteiger partial charge is 0.344 e. The normalized spacial score (nSPS) is 10.2. The molecule has 1 heterocycles. The van der Waals surface area contributed by atoms with E-state index in [9.17, 15) is 9.59 Å². The first-order chi connectivity index (χ1) is 13.6. The molecular weight excluding hydrogens is 380 g/mol. The van der Waals surface area contributed by atoms with Crippen molar-refractivity contribution >= 4 is 28.3 Å². The maximum Gasteiger partial charge on any atom is 0.344 e. The summed E-state index contributed by atoms with van der Waals surface area (Å²) in [5.41, 5.74) is 1.73. The molecule has 28 heavy (non-hydrogen) atoms. The molecule has 0 fully saturated rings. The number of hydrogen-bond acceptors (Lipinski definition) is 7. The third kappa shape index (κ3) is 5.55. The van der Waals surface area contributed by atoms with Crippen molar-refractivity contribution in [2.24, 2.45) is 0 Å². The number of anilines is 1. The van der Waals surface area contributed by atoms with Crippen LogP contribution in [0.25, 0.3) is 11.3 Å². The molecule has 0 aliphatic rings. The fraction of sp³-hybridized carbons (Fsp3) is 0.150. The number of carbonyl (C=O) groups is 2. The number of rotatable bonds is 8. The van der Waals surface area contributed by atoms with Gasteiger partial charge in [-0.2, -0.15) is 0 Å². The molecule has 3 rings (SSSR count). The zero-order valence-corrected chi connectivity index (χ0v) is 15.9. The molecule has 0 aliphatic carbocycles. The highest BCUT2D eigenvalue weighted by molar-refractivity contribution is 7.14. The van der Waals surface area contributed by atoms with Gasteiger partial charge >= 0.3 is 5.97 Å². The monoisotopic (exact) mass is 398 g/mol. The van der Waals surface area contributed by atoms with Crippen LogP contribution < -0.4 is 14.8 Å². The zero-order valence-electron chi connectivity index (χ0n) is 15.1. The maximum absolute atomic E-state index is 11.9. The molecule has 0 radical (unpaired) electrons. The van der Waals surface area contributed by atoms with E-state index in [0.717, 1.165) is 11.3 Å². The SMILES string of the molecule is COc1ccc(OCC(=O)OCC(=O)Nc2nc(-c3ccccc3)cs2)cc1. The average Bonchev–Trinajstić information content (AvgIpc) is 3.20. The zero-order chi connectivity index (χ0) is 19.8. The highest BCUT2D eigenvalue weighted by Crippen LogP contribution is 2.24. The van der Waals surface area contributed by atoms with Crippen LogP contribution in [0, 0.1) is 0 Å². The van der Waals surface area contributed by atoms with Crippen LogP contribution in [0.1, 0.15) is 0 Å². The molecule has 0 unspecified atom stereocenters. The van der Waals surface area contributed by atoms with E-state index in [2.05, 4.69) is 10.3 Å². The number of nitrogens with one attached hydrogen (secondary N) is 1. The number of methoxy groups -OCH3 is 1. The fourth-order valence-corrected chi connectivity index (χ4v) is 2.97. The second-order valence-corrected chi connectivity index (χ2v) is 6.44. The van der Waals surface area contributed by atoms with E-state index in [1.165, 1.54) is 11.3 Å². The van der Waals surface area contributed by atoms with Gasteiger partial charge in [-0.25, -0.2) is 9.78 Å². The van der Waals surface area contributed by atoms with Gasteiger partial charge in [0.25, 0.3) is 5.91 Å². The predicted molar refractivity (Wildman–Crippen MR) is 106 cm³/mol. The summed E-state index contributed by atoms with van der Waals surface area (Å²) in [5.74, 6) is 0.0736. The number of thiazole rings is 1. The molecule has 8 heteroatoms. The van der Waals surface area contributed by atoms with Crippen molar-refractivity contribution in [1.82, 2.24) is 4.98 Å². The van der Waals surface area contributed by atoms with Crippen molar-refractivity contribution in [1.29, 1.82) is 0 Å². The van der Waals surface area contributed by atoms with E-state index in [-0.39, 0.29) is 6.61 Å². The topological polar surface area (TPSA) is 86.8 Å². The second-order valence-electron chi connectivity index (χ2n) is 5.58. The quantitative estimate of drug-likeness (QED) is 0.586. The summed E-state index contributed by atoms with van der Waals surface area (Å²) < 4.78 is 15.2. The van der Waals surface area contributed by atoms with Crippen LogP contribution in [0.15, 0.2) is 60.0 Å². The van der Waals surface area contributed by atoms with Crippen LogP contribution in [-0.4, -0.2) is 37.2 Å². The standard InChI is InChI=1S/C20H18N2O5S/c1-25-15-7-9-16(10-8-15)26-12-19(24)27-11-18(23)22-20-21-17(13-28-20)14-5-3-2-4-6-14/h2-10,13H,11-12H2,1H3,(H,21,22,23). The molecule has 2 aromatic carbocycles. The van der Waals surface area contributed by atoms with Gasteiger partial charge in [0, 0.05) is 10.9 Å². The van der Waals surface area contributed by atoms with E-state index in [1.807, 2.05) is 35.7 Å². The number of nitrogens with zero attached hydrogens (tertiary/aromatic N) is 1. The van der Waals surface area contributed by atoms with Gasteiger partial charge in [0.15, 0.2) is 18.3 Å². The number of carbonyl (C=O) groups excluding carboxylic acids is 2. The van der Waals surface area contributed by atoms with Crippen LogP contribution in [0.3, 0.4) is 0 Å². The number of hydrogen-bond donors (Lipinski definition) is 1. The minimum Gasteiger partial charge on any atom is -0.497 e. The molecule has 0 saturated carbocycles. The lowest BCUT2D eigenvalue weighted by atomic mass is 10.2. The lowest BCUT2D eigenvalue weighted by Gasteiger charge is -2.07. The van der Waals surface area contributed by atoms with Gasteiger partial charge in [-0.05, 0) is 24.3 Å². The molecule has 144 valence electrons. The summed E-state index contributed by atoms with van der Waals surface area (Å²) in [4.78, 5) is 28.0. The van der Waals surface area contributed by atoms with Crippen molar-refractivity contribution in [2.45, 2.75) is 0 Å². The minimum absolute atomic E-state index is 0.297. The van der Waals surface area contributed by atoms with Gasteiger partial charge in [-0.3, -0.25) is 10.1 Å². The minimum atomic E-state index is -0.643. The van der Waals surface area contributed by atoms with Crippen LogP contribution in [-0.2, 0) is 14.3 Å². The molecule has 0 spiro atoms. The lowest BCUT2D eigenvalue weighted by Crippen LogP contribution is -2.23. The molecule has 1 aromatic heterocycles. The van der Waals surface area contributed by atoms with E-state index in [0.29, 0.717) is 16.6 Å². The molecule has 0 aliphatic heterocycles. The number of amides is 1. The lowest BCUT2D eigenvalue weighted by molar-refractivity contribution is -0.149. The maximum atomic E-state index is 11.9. The van der Waals surface area contributed by atoms with Crippen LogP contribution in [0.2, 0.25) is 0 Å². The van der Waals surface area contributed by atoms with Gasteiger partial charge in [-0.15, -0.1) is 11.3 Å². The third-order valence-electron chi connectivity index (χ3n) is 3.60. The Kier molecular flexibility index (Phi) is 6.59. The first-order valence-electron chi connectivity index (χ1n) is 8.37. The number of ether oxygens (including phenoxy) is 3. The van der Waals surface area contributed by atoms with Gasteiger partial charge in [0.2, 0.25) is 0 Å². The third-order valence-corrected chi connectivity index (χ3v) is 4.36. The van der Waals surface area contributed by atoms with E-state index in [1.54, 1.807) is 31.4 Å². The van der Waals surface area contributed by atoms with Gasteiger partial charge in [0.05, 0.1) is 12.8 Å². The second kappa shape index (κ2) is 9.52. The van der Waals surface area contributed by atoms with E-state index >= 15 is 0 Å². The Hall–Kier alpha value is -3.39. The largest absolute Gasteiger partial charge is 0.497 e. The fourth-order valence-electron chi connectivity index (χ4n) is 2.23. The average molecular weight is 398 g/mol. The summed E-state index contributed by atoms with van der Waals surface area (Å²) in [6.07, 6.45) is 0. The Morgan fingerprint density at radius 3 is 2.43 bits per heavy atom. The summed E-state index contributed by atoms with van der Waals surface area (Å²) in [7, 11) is 1.56. The Labute approximate surface area is 165 Å². The summed E-state index contributed by atoms with van der Waals surface area (Å²) in [5, 5.41) is 4.90. The van der Waals surface area contributed by atoms with E-state index in [4.69, 9.17) is 14.2 Å². The first-order valence-corrected chi connectivity index (χ1v) is 9.25.